The van der Waals surface area contributed by atoms with Gasteiger partial charge in [-0.15, -0.1) is 0 Å². The molecule has 1 aliphatic rings. The van der Waals surface area contributed by atoms with Crippen LogP contribution in [0.1, 0.15) is 11.1 Å². The number of carbonyl (C=O) groups excluding carboxylic acids is 2. The van der Waals surface area contributed by atoms with E-state index in [0.29, 0.717) is 43.2 Å². The lowest BCUT2D eigenvalue weighted by Gasteiger charge is -2.40. The van der Waals surface area contributed by atoms with Gasteiger partial charge in [0.25, 0.3) is 0 Å². The molecule has 2 aromatic rings. The lowest BCUT2D eigenvalue weighted by Crippen LogP contribution is -2.55. The number of amides is 3. The molecule has 0 aromatic heterocycles. The summed E-state index contributed by atoms with van der Waals surface area (Å²) in [7, 11) is 1.46. The second-order valence-corrected chi connectivity index (χ2v) is 8.03. The number of ether oxygens (including phenoxy) is 1. The third-order valence-electron chi connectivity index (χ3n) is 5.37. The largest absolute Gasteiger partial charge is 0.495 e. The molecule has 176 valence electrons. The van der Waals surface area contributed by atoms with Gasteiger partial charge >= 0.3 is 6.03 Å². The van der Waals surface area contributed by atoms with Gasteiger partial charge in [0.1, 0.15) is 11.6 Å². The second kappa shape index (κ2) is 11.1. The van der Waals surface area contributed by atoms with E-state index in [1.807, 2.05) is 0 Å². The van der Waals surface area contributed by atoms with Crippen molar-refractivity contribution in [2.75, 3.05) is 38.7 Å². The fraction of sp³-hybridized carbons (Fsp3) is 0.304. The lowest BCUT2D eigenvalue weighted by atomic mass is 10.1. The molecule has 1 atom stereocenters. The number of hydrogen-bond acceptors (Lipinski definition) is 5. The first-order valence-corrected chi connectivity index (χ1v) is 10.7. The number of nitrogens with one attached hydrogen (secondary N) is 1. The first kappa shape index (κ1) is 24.5. The van der Waals surface area contributed by atoms with Gasteiger partial charge in [0.05, 0.1) is 30.5 Å². The van der Waals surface area contributed by atoms with E-state index in [0.717, 1.165) is 5.56 Å². The number of benzene rings is 2. The third-order valence-corrected chi connectivity index (χ3v) is 5.66. The van der Waals surface area contributed by atoms with E-state index in [4.69, 9.17) is 22.1 Å². The van der Waals surface area contributed by atoms with Gasteiger partial charge in [-0.25, -0.2) is 9.18 Å². The summed E-state index contributed by atoms with van der Waals surface area (Å²) in [6.45, 7) is 1.92. The highest BCUT2D eigenvalue weighted by atomic mass is 35.5. The number of nitrogens with zero attached hydrogens (tertiary/aromatic N) is 2. The normalized spacial score (nSPS) is 16.7. The SMILES string of the molecule is COc1cc(/C=C/C(=O)N2CCN(Cc3ccc(F)cc3)C[C@H]2CO)c(NC(N)=O)cc1Cl. The van der Waals surface area contributed by atoms with Crippen LogP contribution in [-0.4, -0.2) is 66.2 Å². The first-order valence-electron chi connectivity index (χ1n) is 10.3. The zero-order chi connectivity index (χ0) is 24.0. The Labute approximate surface area is 196 Å². The number of primary amides is 1. The van der Waals surface area contributed by atoms with E-state index in [1.165, 1.54) is 37.5 Å². The standard InChI is InChI=1S/C23H26ClFN4O4/c1-33-21-10-16(20(11-19(21)24)27-23(26)32)4-7-22(31)29-9-8-28(13-18(29)14-30)12-15-2-5-17(25)6-3-15/h2-7,10-11,18,30H,8-9,12-14H2,1H3,(H3,26,27,32)/b7-4+/t18-/m0/s1. The summed E-state index contributed by atoms with van der Waals surface area (Å²) in [5.74, 6) is -0.197. The van der Waals surface area contributed by atoms with Crippen molar-refractivity contribution in [3.63, 3.8) is 0 Å². The number of halogens is 2. The molecule has 33 heavy (non-hydrogen) atoms. The molecule has 0 saturated carbocycles. The molecule has 1 aliphatic heterocycles. The van der Waals surface area contributed by atoms with Crippen molar-refractivity contribution < 1.29 is 23.8 Å². The van der Waals surface area contributed by atoms with Gasteiger partial charge in [-0.3, -0.25) is 9.69 Å². The van der Waals surface area contributed by atoms with E-state index in [9.17, 15) is 19.1 Å². The maximum Gasteiger partial charge on any atom is 0.316 e. The van der Waals surface area contributed by atoms with Crippen LogP contribution < -0.4 is 15.8 Å². The molecule has 8 nitrogen and oxygen atoms in total. The molecule has 0 aliphatic carbocycles. The van der Waals surface area contributed by atoms with Crippen molar-refractivity contribution in [2.24, 2.45) is 5.73 Å². The quantitative estimate of drug-likeness (QED) is 0.532. The number of aliphatic hydroxyl groups excluding tert-OH is 1. The monoisotopic (exact) mass is 476 g/mol. The maximum absolute atomic E-state index is 13.1. The number of anilines is 1. The molecular weight excluding hydrogens is 451 g/mol. The van der Waals surface area contributed by atoms with Crippen LogP contribution in [-0.2, 0) is 11.3 Å². The number of nitrogens with two attached hydrogens (primary N) is 1. The summed E-state index contributed by atoms with van der Waals surface area (Å²) in [5, 5.41) is 12.6. The predicted octanol–water partition coefficient (Wildman–Crippen LogP) is 2.70. The van der Waals surface area contributed by atoms with Crippen LogP contribution in [0.25, 0.3) is 6.08 Å². The van der Waals surface area contributed by atoms with Crippen LogP contribution >= 0.6 is 11.6 Å². The highest BCUT2D eigenvalue weighted by Crippen LogP contribution is 2.32. The molecule has 0 unspecified atom stereocenters. The number of hydrogen-bond donors (Lipinski definition) is 3. The fourth-order valence-electron chi connectivity index (χ4n) is 3.72. The van der Waals surface area contributed by atoms with E-state index in [2.05, 4.69) is 10.2 Å². The average molecular weight is 477 g/mol. The molecule has 4 N–H and O–H groups in total. The van der Waals surface area contributed by atoms with E-state index >= 15 is 0 Å². The summed E-state index contributed by atoms with van der Waals surface area (Å²) in [6.07, 6.45) is 2.90. The number of aliphatic hydroxyl groups is 1. The van der Waals surface area contributed by atoms with Gasteiger partial charge in [-0.05, 0) is 35.9 Å². The number of methoxy groups -OCH3 is 1. The molecule has 0 spiro atoms. The van der Waals surface area contributed by atoms with Gasteiger partial charge in [0, 0.05) is 37.8 Å². The van der Waals surface area contributed by atoms with Crippen molar-refractivity contribution in [2.45, 2.75) is 12.6 Å². The Morgan fingerprint density at radius 2 is 2.03 bits per heavy atom. The van der Waals surface area contributed by atoms with Gasteiger partial charge in [-0.1, -0.05) is 23.7 Å². The van der Waals surface area contributed by atoms with Crippen LogP contribution in [0.15, 0.2) is 42.5 Å². The minimum Gasteiger partial charge on any atom is -0.495 e. The Hall–Kier alpha value is -3.14. The van der Waals surface area contributed by atoms with Crippen molar-refractivity contribution >= 4 is 35.3 Å². The summed E-state index contributed by atoms with van der Waals surface area (Å²) in [6, 6.07) is 8.19. The third kappa shape index (κ3) is 6.44. The number of urea groups is 1. The summed E-state index contributed by atoms with van der Waals surface area (Å²) >= 11 is 6.12. The fourth-order valence-corrected chi connectivity index (χ4v) is 3.96. The lowest BCUT2D eigenvalue weighted by molar-refractivity contribution is -0.132. The van der Waals surface area contributed by atoms with Gasteiger partial charge in [0.2, 0.25) is 5.91 Å². The van der Waals surface area contributed by atoms with Crippen molar-refractivity contribution in [1.82, 2.24) is 9.80 Å². The van der Waals surface area contributed by atoms with Crippen LogP contribution in [0.3, 0.4) is 0 Å². The highest BCUT2D eigenvalue weighted by Gasteiger charge is 2.29. The summed E-state index contributed by atoms with van der Waals surface area (Å²) in [4.78, 5) is 27.9. The zero-order valence-electron chi connectivity index (χ0n) is 18.1. The molecule has 0 bridgehead atoms. The Bertz CT molecular complexity index is 1030. The molecule has 1 heterocycles. The van der Waals surface area contributed by atoms with E-state index < -0.39 is 6.03 Å². The van der Waals surface area contributed by atoms with Gasteiger partial charge < -0.3 is 25.8 Å². The number of piperazine rings is 1. The molecule has 3 rings (SSSR count). The molecule has 1 saturated heterocycles. The highest BCUT2D eigenvalue weighted by molar-refractivity contribution is 6.32. The molecule has 10 heteroatoms. The Morgan fingerprint density at radius 3 is 2.67 bits per heavy atom. The zero-order valence-corrected chi connectivity index (χ0v) is 18.9. The van der Waals surface area contributed by atoms with Crippen LogP contribution in [0.4, 0.5) is 14.9 Å². The summed E-state index contributed by atoms with van der Waals surface area (Å²) < 4.78 is 18.3. The molecule has 1 fully saturated rings. The second-order valence-electron chi connectivity index (χ2n) is 7.63. The van der Waals surface area contributed by atoms with Crippen molar-refractivity contribution in [3.8, 4) is 5.75 Å². The van der Waals surface area contributed by atoms with Crippen LogP contribution in [0, 0.1) is 5.82 Å². The predicted molar refractivity (Wildman–Crippen MR) is 125 cm³/mol. The minimum atomic E-state index is -0.769. The smallest absolute Gasteiger partial charge is 0.316 e. The minimum absolute atomic E-state index is 0.192. The van der Waals surface area contributed by atoms with E-state index in [-0.39, 0.29) is 29.4 Å². The van der Waals surface area contributed by atoms with Crippen molar-refractivity contribution in [1.29, 1.82) is 0 Å². The van der Waals surface area contributed by atoms with Crippen molar-refractivity contribution in [3.05, 3.63) is 64.4 Å². The number of carbonyl (C=O) groups is 2. The van der Waals surface area contributed by atoms with Crippen LogP contribution in [0.5, 0.6) is 5.75 Å². The molecule has 0 radical (unpaired) electrons. The Kier molecular flexibility index (Phi) is 8.26. The molecule has 2 aromatic carbocycles. The van der Waals surface area contributed by atoms with Gasteiger partial charge in [0.15, 0.2) is 0 Å². The molecule has 3 amide bonds. The van der Waals surface area contributed by atoms with Crippen LogP contribution in [0.2, 0.25) is 5.02 Å². The summed E-state index contributed by atoms with van der Waals surface area (Å²) in [5.41, 5.74) is 7.00. The first-order chi connectivity index (χ1) is 15.8. The average Bonchev–Trinajstić information content (AvgIpc) is 2.79. The molecular formula is C23H26ClFN4O4. The Balaban J connectivity index is 1.70. The van der Waals surface area contributed by atoms with Gasteiger partial charge in [-0.2, -0.15) is 0 Å². The van der Waals surface area contributed by atoms with E-state index in [1.54, 1.807) is 23.1 Å². The maximum atomic E-state index is 13.1. The Morgan fingerprint density at radius 1 is 1.30 bits per heavy atom. The topological polar surface area (TPSA) is 108 Å². The number of rotatable bonds is 7.